The van der Waals surface area contributed by atoms with Crippen LogP contribution >= 0.6 is 0 Å². The molecule has 2 N–H and O–H groups in total. The standard InChI is InChI=1S/C7H7NO2.C6H6N2O/c1-10-7(9)6-4-2-3-5-8-6;7-6(9)5-2-1-3-8-4-5/h2-5H,1H3;1-4H,(H2,7,9). The quantitative estimate of drug-likeness (QED) is 0.813. The van der Waals surface area contributed by atoms with Crippen LogP contribution < -0.4 is 5.73 Å². The summed E-state index contributed by atoms with van der Waals surface area (Å²) in [5.41, 5.74) is 5.71. The van der Waals surface area contributed by atoms with Crippen molar-refractivity contribution < 1.29 is 14.3 Å². The van der Waals surface area contributed by atoms with Crippen molar-refractivity contribution in [2.45, 2.75) is 0 Å². The Hall–Kier alpha value is -2.76. The van der Waals surface area contributed by atoms with E-state index >= 15 is 0 Å². The highest BCUT2D eigenvalue weighted by atomic mass is 16.5. The summed E-state index contributed by atoms with van der Waals surface area (Å²) in [7, 11) is 1.33. The molecule has 0 bridgehead atoms. The third-order valence-corrected chi connectivity index (χ3v) is 2.01. The van der Waals surface area contributed by atoms with Gasteiger partial charge in [-0.1, -0.05) is 6.07 Å². The fraction of sp³-hybridized carbons (Fsp3) is 0.0769. The number of ether oxygens (including phenoxy) is 1. The largest absolute Gasteiger partial charge is 0.464 e. The van der Waals surface area contributed by atoms with E-state index in [0.717, 1.165) is 0 Å². The Balaban J connectivity index is 0.000000191. The van der Waals surface area contributed by atoms with Crippen molar-refractivity contribution >= 4 is 11.9 Å². The van der Waals surface area contributed by atoms with E-state index in [9.17, 15) is 9.59 Å². The summed E-state index contributed by atoms with van der Waals surface area (Å²) in [4.78, 5) is 28.6. The van der Waals surface area contributed by atoms with Gasteiger partial charge in [0.1, 0.15) is 5.69 Å². The van der Waals surface area contributed by atoms with Crippen molar-refractivity contribution in [2.24, 2.45) is 5.73 Å². The second-order valence-corrected chi connectivity index (χ2v) is 3.31. The lowest BCUT2D eigenvalue weighted by atomic mass is 10.3. The maximum absolute atomic E-state index is 10.7. The average molecular weight is 259 g/mol. The van der Waals surface area contributed by atoms with Crippen molar-refractivity contribution in [3.05, 3.63) is 60.2 Å². The zero-order valence-corrected chi connectivity index (χ0v) is 10.3. The Labute approximate surface area is 110 Å². The second-order valence-electron chi connectivity index (χ2n) is 3.31. The topological polar surface area (TPSA) is 95.2 Å². The Morgan fingerprint density at radius 2 is 1.95 bits per heavy atom. The first-order valence-corrected chi connectivity index (χ1v) is 5.34. The number of hydrogen-bond acceptors (Lipinski definition) is 5. The molecule has 6 heteroatoms. The molecule has 98 valence electrons. The molecule has 0 saturated heterocycles. The molecule has 0 unspecified atom stereocenters. The molecule has 6 nitrogen and oxygen atoms in total. The molecule has 0 saturated carbocycles. The van der Waals surface area contributed by atoms with E-state index in [1.807, 2.05) is 0 Å². The Bertz CT molecular complexity index is 529. The number of rotatable bonds is 2. The molecule has 0 aliphatic carbocycles. The molecule has 2 rings (SSSR count). The van der Waals surface area contributed by atoms with Gasteiger partial charge in [0.05, 0.1) is 12.7 Å². The lowest BCUT2D eigenvalue weighted by Crippen LogP contribution is -2.10. The highest BCUT2D eigenvalue weighted by Crippen LogP contribution is 1.94. The van der Waals surface area contributed by atoms with Gasteiger partial charge in [-0.2, -0.15) is 0 Å². The lowest BCUT2D eigenvalue weighted by Gasteiger charge is -1.94. The van der Waals surface area contributed by atoms with Gasteiger partial charge in [-0.05, 0) is 24.3 Å². The van der Waals surface area contributed by atoms with Gasteiger partial charge in [0.2, 0.25) is 5.91 Å². The van der Waals surface area contributed by atoms with Crippen molar-refractivity contribution in [1.82, 2.24) is 9.97 Å². The Kier molecular flexibility index (Phi) is 5.68. The van der Waals surface area contributed by atoms with E-state index in [-0.39, 0.29) is 0 Å². The van der Waals surface area contributed by atoms with E-state index < -0.39 is 11.9 Å². The summed E-state index contributed by atoms with van der Waals surface area (Å²) in [5.74, 6) is -0.844. The van der Waals surface area contributed by atoms with Gasteiger partial charge in [0.25, 0.3) is 0 Å². The average Bonchev–Trinajstić information content (AvgIpc) is 2.49. The lowest BCUT2D eigenvalue weighted by molar-refractivity contribution is 0.0594. The molecule has 2 aromatic heterocycles. The normalized spacial score (nSPS) is 8.89. The molecule has 0 radical (unpaired) electrons. The Morgan fingerprint density at radius 3 is 2.37 bits per heavy atom. The summed E-state index contributed by atoms with van der Waals surface area (Å²) >= 11 is 0. The first-order valence-electron chi connectivity index (χ1n) is 5.34. The van der Waals surface area contributed by atoms with Crippen LogP contribution in [-0.2, 0) is 4.74 Å². The maximum atomic E-state index is 10.7. The summed E-state index contributed by atoms with van der Waals surface area (Å²) in [6.07, 6.45) is 4.57. The van der Waals surface area contributed by atoms with Crippen LogP contribution in [0.15, 0.2) is 48.9 Å². The summed E-state index contributed by atoms with van der Waals surface area (Å²) in [6.45, 7) is 0. The predicted molar refractivity (Wildman–Crippen MR) is 68.3 cm³/mol. The van der Waals surface area contributed by atoms with Gasteiger partial charge < -0.3 is 10.5 Å². The first-order chi connectivity index (χ1) is 9.15. The van der Waals surface area contributed by atoms with Crippen LogP contribution in [0.3, 0.4) is 0 Å². The van der Waals surface area contributed by atoms with E-state index in [0.29, 0.717) is 11.3 Å². The number of amides is 1. The first kappa shape index (κ1) is 14.3. The molecular weight excluding hydrogens is 246 g/mol. The Morgan fingerprint density at radius 1 is 1.16 bits per heavy atom. The number of pyridine rings is 2. The third-order valence-electron chi connectivity index (χ3n) is 2.01. The van der Waals surface area contributed by atoms with Crippen LogP contribution in [-0.4, -0.2) is 29.0 Å². The predicted octanol–water partition coefficient (Wildman–Crippen LogP) is 1.05. The van der Waals surface area contributed by atoms with Gasteiger partial charge in [-0.15, -0.1) is 0 Å². The molecule has 0 aromatic carbocycles. The van der Waals surface area contributed by atoms with Crippen LogP contribution in [0.25, 0.3) is 0 Å². The van der Waals surface area contributed by atoms with Gasteiger partial charge in [-0.3, -0.25) is 9.78 Å². The minimum Gasteiger partial charge on any atom is -0.464 e. The molecule has 0 atom stereocenters. The van der Waals surface area contributed by atoms with Gasteiger partial charge in [0.15, 0.2) is 0 Å². The van der Waals surface area contributed by atoms with Gasteiger partial charge >= 0.3 is 5.97 Å². The molecule has 0 aliphatic heterocycles. The monoisotopic (exact) mass is 259 g/mol. The van der Waals surface area contributed by atoms with Gasteiger partial charge in [-0.25, -0.2) is 9.78 Å². The molecule has 19 heavy (non-hydrogen) atoms. The van der Waals surface area contributed by atoms with Crippen LogP contribution in [0.5, 0.6) is 0 Å². The van der Waals surface area contributed by atoms with Gasteiger partial charge in [0, 0.05) is 18.6 Å². The molecule has 2 heterocycles. The number of esters is 1. The number of hydrogen-bond donors (Lipinski definition) is 1. The summed E-state index contributed by atoms with van der Waals surface area (Å²) in [6, 6.07) is 8.37. The summed E-state index contributed by atoms with van der Waals surface area (Å²) in [5, 5.41) is 0. The van der Waals surface area contributed by atoms with Crippen LogP contribution in [0.4, 0.5) is 0 Å². The fourth-order valence-corrected chi connectivity index (χ4v) is 1.10. The number of nitrogens with two attached hydrogens (primary N) is 1. The SMILES string of the molecule is COC(=O)c1ccccn1.NC(=O)c1cccnc1. The maximum Gasteiger partial charge on any atom is 0.356 e. The van der Waals surface area contributed by atoms with Crippen molar-refractivity contribution in [3.8, 4) is 0 Å². The minimum absolute atomic E-state index is 0.338. The van der Waals surface area contributed by atoms with Crippen molar-refractivity contribution in [2.75, 3.05) is 7.11 Å². The highest BCUT2D eigenvalue weighted by Gasteiger charge is 2.02. The zero-order chi connectivity index (χ0) is 14.1. The van der Waals surface area contributed by atoms with Crippen LogP contribution in [0, 0.1) is 0 Å². The molecule has 0 fully saturated rings. The molecule has 2 aromatic rings. The summed E-state index contributed by atoms with van der Waals surface area (Å²) < 4.78 is 4.43. The molecule has 1 amide bonds. The van der Waals surface area contributed by atoms with Crippen molar-refractivity contribution in [1.29, 1.82) is 0 Å². The number of carbonyl (C=O) groups excluding carboxylic acids is 2. The smallest absolute Gasteiger partial charge is 0.356 e. The molecular formula is C13H13N3O3. The van der Waals surface area contributed by atoms with E-state index in [2.05, 4.69) is 14.7 Å². The van der Waals surface area contributed by atoms with Crippen LogP contribution in [0.1, 0.15) is 20.8 Å². The number of methoxy groups -OCH3 is 1. The van der Waals surface area contributed by atoms with E-state index in [4.69, 9.17) is 5.73 Å². The molecule has 0 spiro atoms. The number of nitrogens with zero attached hydrogens (tertiary/aromatic N) is 2. The number of carbonyl (C=O) groups is 2. The molecule has 0 aliphatic rings. The van der Waals surface area contributed by atoms with Crippen LogP contribution in [0.2, 0.25) is 0 Å². The van der Waals surface area contributed by atoms with E-state index in [1.165, 1.54) is 13.3 Å². The highest BCUT2D eigenvalue weighted by molar-refractivity contribution is 5.92. The van der Waals surface area contributed by atoms with Crippen molar-refractivity contribution in [3.63, 3.8) is 0 Å². The minimum atomic E-state index is -0.442. The third kappa shape index (κ3) is 4.95. The fourth-order valence-electron chi connectivity index (χ4n) is 1.10. The zero-order valence-electron chi connectivity index (χ0n) is 10.3. The number of primary amides is 1. The number of aromatic nitrogens is 2. The second kappa shape index (κ2) is 7.54. The van der Waals surface area contributed by atoms with E-state index in [1.54, 1.807) is 42.7 Å².